The van der Waals surface area contributed by atoms with E-state index in [-0.39, 0.29) is 24.3 Å². The molecule has 1 heterocycles. The van der Waals surface area contributed by atoms with Gasteiger partial charge < -0.3 is 25.2 Å². The highest BCUT2D eigenvalue weighted by molar-refractivity contribution is 6.09. The average Bonchev–Trinajstić information content (AvgIpc) is 3.04. The molecule has 1 aliphatic heterocycles. The molecular weight excluding hydrogens is 506 g/mol. The number of fused-ring (bicyclic) bond motifs is 2. The molecule has 3 atom stereocenters. The van der Waals surface area contributed by atoms with Gasteiger partial charge in [0.2, 0.25) is 11.8 Å². The van der Waals surface area contributed by atoms with Gasteiger partial charge in [-0.25, -0.2) is 0 Å². The van der Waals surface area contributed by atoms with Gasteiger partial charge in [-0.15, -0.1) is 0 Å². The van der Waals surface area contributed by atoms with Crippen molar-refractivity contribution >= 4 is 39.9 Å². The zero-order valence-electron chi connectivity index (χ0n) is 23.7. The number of likely N-dealkylation sites (N-methyl/N-ethyl adjacent to an activating group) is 1. The summed E-state index contributed by atoms with van der Waals surface area (Å²) in [5.41, 5.74) is 2.05. The maximum atomic E-state index is 14.4. The molecule has 0 saturated carbocycles. The number of rotatable bonds is 7. The third-order valence-electron chi connectivity index (χ3n) is 7.47. The summed E-state index contributed by atoms with van der Waals surface area (Å²) < 4.78 is 5.71. The van der Waals surface area contributed by atoms with Gasteiger partial charge in [-0.3, -0.25) is 14.4 Å². The number of nitrogens with one attached hydrogen (secondary N) is 2. The number of ether oxygens (including phenoxy) is 1. The highest BCUT2D eigenvalue weighted by Crippen LogP contribution is 2.39. The minimum absolute atomic E-state index is 0.118. The molecule has 0 bridgehead atoms. The fourth-order valence-electron chi connectivity index (χ4n) is 5.06. The van der Waals surface area contributed by atoms with Gasteiger partial charge in [-0.2, -0.15) is 5.26 Å². The van der Waals surface area contributed by atoms with Crippen LogP contribution in [-0.2, 0) is 20.9 Å². The summed E-state index contributed by atoms with van der Waals surface area (Å²) in [7, 11) is 3.24. The second-order valence-electron chi connectivity index (χ2n) is 10.3. The predicted octanol–water partition coefficient (Wildman–Crippen LogP) is 3.74. The first-order chi connectivity index (χ1) is 19.1. The maximum absolute atomic E-state index is 14.4. The van der Waals surface area contributed by atoms with Crippen molar-refractivity contribution < 1.29 is 19.1 Å². The van der Waals surface area contributed by atoms with Crippen LogP contribution in [0.5, 0.6) is 5.75 Å². The molecule has 208 valence electrons. The number of benzene rings is 3. The van der Waals surface area contributed by atoms with Crippen molar-refractivity contribution in [2.24, 2.45) is 5.92 Å². The molecule has 0 aliphatic carbocycles. The van der Waals surface area contributed by atoms with Crippen LogP contribution in [-0.4, -0.2) is 50.0 Å². The third kappa shape index (κ3) is 5.23. The monoisotopic (exact) mass is 541 g/mol. The molecule has 4 rings (SSSR count). The van der Waals surface area contributed by atoms with Crippen molar-refractivity contribution in [2.75, 3.05) is 24.0 Å². The molecule has 3 aromatic rings. The lowest BCUT2D eigenvalue weighted by molar-refractivity contribution is -0.129. The van der Waals surface area contributed by atoms with Crippen LogP contribution >= 0.6 is 0 Å². The van der Waals surface area contributed by atoms with E-state index in [2.05, 4.69) is 16.7 Å². The van der Waals surface area contributed by atoms with Crippen LogP contribution in [0.1, 0.15) is 38.8 Å². The van der Waals surface area contributed by atoms with Crippen molar-refractivity contribution in [1.29, 1.82) is 5.26 Å². The van der Waals surface area contributed by atoms with Gasteiger partial charge in [0.05, 0.1) is 48.7 Å². The number of amides is 3. The van der Waals surface area contributed by atoms with Crippen molar-refractivity contribution in [3.05, 3.63) is 65.7 Å². The molecule has 0 aromatic heterocycles. The van der Waals surface area contributed by atoms with Gasteiger partial charge in [0.15, 0.2) is 0 Å². The Morgan fingerprint density at radius 3 is 2.45 bits per heavy atom. The maximum Gasteiger partial charge on any atom is 0.252 e. The van der Waals surface area contributed by atoms with Gasteiger partial charge in [-0.05, 0) is 55.9 Å². The lowest BCUT2D eigenvalue weighted by Gasteiger charge is -2.33. The fourth-order valence-corrected chi connectivity index (χ4v) is 5.06. The molecule has 0 fully saturated rings. The standard InChI is InChI=1S/C31H35N5O4/c1-18(2)30(38)36-20(4)28(34-29(37)19(3)33-5)31(39)35(25-13-11-21(16-32)15-26(25)36)17-24-23-10-8-7-9-22(23)12-14-27(24)40-6/h7-15,18-20,28,33H,17H2,1-6H3,(H,34,37). The summed E-state index contributed by atoms with van der Waals surface area (Å²) in [6.45, 7) is 7.13. The Morgan fingerprint density at radius 2 is 1.80 bits per heavy atom. The molecule has 9 heteroatoms. The number of anilines is 2. The lowest BCUT2D eigenvalue weighted by Crippen LogP contribution is -2.60. The van der Waals surface area contributed by atoms with Gasteiger partial charge in [0.25, 0.3) is 5.91 Å². The lowest BCUT2D eigenvalue weighted by atomic mass is 10.0. The van der Waals surface area contributed by atoms with E-state index in [9.17, 15) is 19.6 Å². The molecule has 0 radical (unpaired) electrons. The molecule has 9 nitrogen and oxygen atoms in total. The summed E-state index contributed by atoms with van der Waals surface area (Å²) in [5, 5.41) is 17.4. The van der Waals surface area contributed by atoms with Gasteiger partial charge in [-0.1, -0.05) is 44.2 Å². The van der Waals surface area contributed by atoms with Crippen molar-refractivity contribution in [1.82, 2.24) is 10.6 Å². The zero-order valence-corrected chi connectivity index (χ0v) is 23.7. The highest BCUT2D eigenvalue weighted by Gasteiger charge is 2.43. The largest absolute Gasteiger partial charge is 0.496 e. The minimum atomic E-state index is -1.05. The Hall–Kier alpha value is -4.42. The van der Waals surface area contributed by atoms with Crippen LogP contribution in [0.15, 0.2) is 54.6 Å². The van der Waals surface area contributed by atoms with E-state index in [0.717, 1.165) is 16.3 Å². The van der Waals surface area contributed by atoms with Gasteiger partial charge in [0.1, 0.15) is 11.8 Å². The first-order valence-electron chi connectivity index (χ1n) is 13.3. The normalized spacial score (nSPS) is 17.7. The smallest absolute Gasteiger partial charge is 0.252 e. The molecule has 3 unspecified atom stereocenters. The molecule has 1 aliphatic rings. The first kappa shape index (κ1) is 28.6. The Balaban J connectivity index is 1.96. The number of nitrogens with zero attached hydrogens (tertiary/aromatic N) is 3. The molecule has 3 amide bonds. The Morgan fingerprint density at radius 1 is 1.07 bits per heavy atom. The summed E-state index contributed by atoms with van der Waals surface area (Å²) in [6.07, 6.45) is 0. The van der Waals surface area contributed by atoms with E-state index >= 15 is 0 Å². The average molecular weight is 542 g/mol. The third-order valence-corrected chi connectivity index (χ3v) is 7.47. The van der Waals surface area contributed by atoms with E-state index in [1.807, 2.05) is 36.4 Å². The van der Waals surface area contributed by atoms with Gasteiger partial charge in [0, 0.05) is 11.5 Å². The second kappa shape index (κ2) is 11.8. The first-order valence-corrected chi connectivity index (χ1v) is 13.3. The molecule has 0 spiro atoms. The number of carbonyl (C=O) groups is 3. The molecular formula is C31H35N5O4. The summed E-state index contributed by atoms with van der Waals surface area (Å²) >= 11 is 0. The van der Waals surface area contributed by atoms with Crippen LogP contribution in [0.2, 0.25) is 0 Å². The number of nitriles is 1. The topological polar surface area (TPSA) is 115 Å². The summed E-state index contributed by atoms with van der Waals surface area (Å²) in [6, 6.07) is 16.4. The van der Waals surface area contributed by atoms with Crippen LogP contribution < -0.4 is 25.2 Å². The molecule has 40 heavy (non-hydrogen) atoms. The Bertz CT molecular complexity index is 1490. The van der Waals surface area contributed by atoms with Crippen molar-refractivity contribution in [3.63, 3.8) is 0 Å². The SMILES string of the molecule is CNC(C)C(=O)NC1C(=O)N(Cc2c(OC)ccc3ccccc23)c2ccc(C#N)cc2N(C(=O)C(C)C)C1C. The second-order valence-corrected chi connectivity index (χ2v) is 10.3. The van der Waals surface area contributed by atoms with E-state index in [1.54, 1.807) is 69.9 Å². The number of hydrogen-bond donors (Lipinski definition) is 2. The number of carbonyl (C=O) groups excluding carboxylic acids is 3. The van der Waals surface area contributed by atoms with Crippen molar-refractivity contribution in [2.45, 2.75) is 52.4 Å². The minimum Gasteiger partial charge on any atom is -0.496 e. The van der Waals surface area contributed by atoms with Crippen LogP contribution in [0.4, 0.5) is 11.4 Å². The fraction of sp³-hybridized carbons (Fsp3) is 0.355. The van der Waals surface area contributed by atoms with Crippen LogP contribution in [0, 0.1) is 17.2 Å². The van der Waals surface area contributed by atoms with Crippen molar-refractivity contribution in [3.8, 4) is 11.8 Å². The van der Waals surface area contributed by atoms with Crippen LogP contribution in [0.3, 0.4) is 0 Å². The van der Waals surface area contributed by atoms with E-state index in [4.69, 9.17) is 4.74 Å². The Kier molecular flexibility index (Phi) is 8.40. The molecule has 3 aromatic carbocycles. The number of hydrogen-bond acceptors (Lipinski definition) is 6. The van der Waals surface area contributed by atoms with Crippen LogP contribution in [0.25, 0.3) is 10.8 Å². The molecule has 2 N–H and O–H groups in total. The quantitative estimate of drug-likeness (QED) is 0.471. The highest BCUT2D eigenvalue weighted by atomic mass is 16.5. The Labute approximate surface area is 234 Å². The molecule has 0 saturated heterocycles. The van der Waals surface area contributed by atoms with E-state index < -0.39 is 24.0 Å². The zero-order chi connectivity index (χ0) is 29.1. The van der Waals surface area contributed by atoms with E-state index in [0.29, 0.717) is 22.7 Å². The van der Waals surface area contributed by atoms with E-state index in [1.165, 1.54) is 0 Å². The summed E-state index contributed by atoms with van der Waals surface area (Å²) in [5.74, 6) is -0.741. The summed E-state index contributed by atoms with van der Waals surface area (Å²) in [4.78, 5) is 44.3. The number of methoxy groups -OCH3 is 1. The van der Waals surface area contributed by atoms with Gasteiger partial charge >= 0.3 is 0 Å². The predicted molar refractivity (Wildman–Crippen MR) is 155 cm³/mol.